The second-order valence-corrected chi connectivity index (χ2v) is 7.39. The minimum atomic E-state index is -0.216. The zero-order valence-corrected chi connectivity index (χ0v) is 16.5. The van der Waals surface area contributed by atoms with Crippen molar-refractivity contribution in [1.82, 2.24) is 5.32 Å². The summed E-state index contributed by atoms with van der Waals surface area (Å²) in [5.41, 5.74) is 1.89. The lowest BCUT2D eigenvalue weighted by atomic mass is 9.85. The zero-order chi connectivity index (χ0) is 19.9. The van der Waals surface area contributed by atoms with Gasteiger partial charge in [0.1, 0.15) is 5.75 Å². The summed E-state index contributed by atoms with van der Waals surface area (Å²) < 4.78 is 5.43. The predicted molar refractivity (Wildman–Crippen MR) is 108 cm³/mol. The molecule has 2 aromatic carbocycles. The first-order valence-electron chi connectivity index (χ1n) is 9.11. The number of hydrogen-bond acceptors (Lipinski definition) is 3. The van der Waals surface area contributed by atoms with Crippen molar-refractivity contribution in [2.24, 2.45) is 0 Å². The van der Waals surface area contributed by atoms with Crippen LogP contribution in [0.5, 0.6) is 5.75 Å². The van der Waals surface area contributed by atoms with Gasteiger partial charge in [-0.3, -0.25) is 9.59 Å². The van der Waals surface area contributed by atoms with Gasteiger partial charge in [0.2, 0.25) is 5.91 Å². The summed E-state index contributed by atoms with van der Waals surface area (Å²) in [6, 6.07) is 17.1. The van der Waals surface area contributed by atoms with Crippen molar-refractivity contribution in [2.75, 3.05) is 24.6 Å². The molecule has 0 aliphatic heterocycles. The van der Waals surface area contributed by atoms with Gasteiger partial charge in [-0.1, -0.05) is 57.2 Å². The Morgan fingerprint density at radius 1 is 1.00 bits per heavy atom. The number of amides is 2. The van der Waals surface area contributed by atoms with Gasteiger partial charge in [-0.2, -0.15) is 0 Å². The standard InChI is InChI=1S/C22H28N2O3/c1-17(25)24(20-13-9-8-12-19(20)22(2,3)4)15-14-23-21(26)16-27-18-10-6-5-7-11-18/h5-13H,14-16H2,1-4H3,(H,23,26). The molecule has 0 unspecified atom stereocenters. The number of rotatable bonds is 7. The number of hydrogen-bond donors (Lipinski definition) is 1. The molecular formula is C22H28N2O3. The Labute approximate surface area is 161 Å². The average molecular weight is 368 g/mol. The van der Waals surface area contributed by atoms with E-state index >= 15 is 0 Å². The topological polar surface area (TPSA) is 58.6 Å². The summed E-state index contributed by atoms with van der Waals surface area (Å²) >= 11 is 0. The van der Waals surface area contributed by atoms with Crippen LogP contribution in [0.2, 0.25) is 0 Å². The maximum Gasteiger partial charge on any atom is 0.258 e. The van der Waals surface area contributed by atoms with Crippen LogP contribution >= 0.6 is 0 Å². The van der Waals surface area contributed by atoms with Gasteiger partial charge in [-0.05, 0) is 29.2 Å². The van der Waals surface area contributed by atoms with Gasteiger partial charge in [0.25, 0.3) is 5.91 Å². The molecule has 2 rings (SSSR count). The van der Waals surface area contributed by atoms with Crippen LogP contribution in [0.3, 0.4) is 0 Å². The molecule has 0 heterocycles. The maximum atomic E-state index is 12.2. The molecule has 0 atom stereocenters. The number of carbonyl (C=O) groups excluding carboxylic acids is 2. The van der Waals surface area contributed by atoms with Crippen molar-refractivity contribution in [3.8, 4) is 5.75 Å². The quantitative estimate of drug-likeness (QED) is 0.813. The third kappa shape index (κ3) is 6.13. The second-order valence-electron chi connectivity index (χ2n) is 7.39. The van der Waals surface area contributed by atoms with Crippen LogP contribution in [0.25, 0.3) is 0 Å². The van der Waals surface area contributed by atoms with Gasteiger partial charge >= 0.3 is 0 Å². The Hall–Kier alpha value is -2.82. The number of benzene rings is 2. The van der Waals surface area contributed by atoms with E-state index in [9.17, 15) is 9.59 Å². The van der Waals surface area contributed by atoms with Crippen LogP contribution in [0.15, 0.2) is 54.6 Å². The molecule has 2 amide bonds. The minimum Gasteiger partial charge on any atom is -0.484 e. The first-order valence-corrected chi connectivity index (χ1v) is 9.11. The van der Waals surface area contributed by atoms with E-state index in [1.807, 2.05) is 42.5 Å². The fourth-order valence-corrected chi connectivity index (χ4v) is 2.81. The van der Waals surface area contributed by atoms with Gasteiger partial charge in [-0.25, -0.2) is 0 Å². The van der Waals surface area contributed by atoms with Crippen LogP contribution in [-0.2, 0) is 15.0 Å². The Bertz CT molecular complexity index is 767. The van der Waals surface area contributed by atoms with E-state index in [0.29, 0.717) is 18.8 Å². The van der Waals surface area contributed by atoms with Crippen molar-refractivity contribution in [2.45, 2.75) is 33.1 Å². The van der Waals surface area contributed by atoms with Gasteiger partial charge in [-0.15, -0.1) is 0 Å². The highest BCUT2D eigenvalue weighted by Gasteiger charge is 2.22. The summed E-state index contributed by atoms with van der Waals surface area (Å²) in [4.78, 5) is 25.9. The Kier molecular flexibility index (Phi) is 6.99. The molecule has 0 aliphatic rings. The van der Waals surface area contributed by atoms with E-state index < -0.39 is 0 Å². The van der Waals surface area contributed by atoms with Crippen molar-refractivity contribution in [1.29, 1.82) is 0 Å². The molecule has 144 valence electrons. The van der Waals surface area contributed by atoms with Crippen molar-refractivity contribution in [3.05, 3.63) is 60.2 Å². The van der Waals surface area contributed by atoms with Crippen LogP contribution in [-0.4, -0.2) is 31.5 Å². The molecule has 5 nitrogen and oxygen atoms in total. The Balaban J connectivity index is 1.94. The van der Waals surface area contributed by atoms with Gasteiger partial charge in [0.05, 0.1) is 0 Å². The van der Waals surface area contributed by atoms with E-state index in [0.717, 1.165) is 11.3 Å². The van der Waals surface area contributed by atoms with Crippen molar-refractivity contribution >= 4 is 17.5 Å². The number of nitrogens with zero attached hydrogens (tertiary/aromatic N) is 1. The summed E-state index contributed by atoms with van der Waals surface area (Å²) in [5, 5.41) is 2.81. The van der Waals surface area contributed by atoms with Crippen LogP contribution in [0.4, 0.5) is 5.69 Å². The molecular weight excluding hydrogens is 340 g/mol. The van der Waals surface area contributed by atoms with Crippen LogP contribution in [0.1, 0.15) is 33.3 Å². The molecule has 0 spiro atoms. The molecule has 0 saturated carbocycles. The molecule has 0 bridgehead atoms. The molecule has 5 heteroatoms. The number of anilines is 1. The molecule has 0 aliphatic carbocycles. The second kappa shape index (κ2) is 9.21. The zero-order valence-electron chi connectivity index (χ0n) is 16.5. The molecule has 0 fully saturated rings. The van der Waals surface area contributed by atoms with Crippen molar-refractivity contribution < 1.29 is 14.3 Å². The summed E-state index contributed by atoms with van der Waals surface area (Å²) in [6.45, 7) is 8.60. The summed E-state index contributed by atoms with van der Waals surface area (Å²) in [5.74, 6) is 0.380. The smallest absolute Gasteiger partial charge is 0.258 e. The van der Waals surface area contributed by atoms with E-state index in [1.54, 1.807) is 24.0 Å². The van der Waals surface area contributed by atoms with Crippen LogP contribution < -0.4 is 15.0 Å². The first kappa shape index (κ1) is 20.5. The van der Waals surface area contributed by atoms with Gasteiger partial charge in [0.15, 0.2) is 6.61 Å². The average Bonchev–Trinajstić information content (AvgIpc) is 2.63. The number of ether oxygens (including phenoxy) is 1. The summed E-state index contributed by atoms with van der Waals surface area (Å²) in [6.07, 6.45) is 0. The van der Waals surface area contributed by atoms with Gasteiger partial charge in [0, 0.05) is 25.7 Å². The predicted octanol–water partition coefficient (Wildman–Crippen LogP) is 3.53. The highest BCUT2D eigenvalue weighted by atomic mass is 16.5. The number of carbonyl (C=O) groups is 2. The van der Waals surface area contributed by atoms with Crippen molar-refractivity contribution in [3.63, 3.8) is 0 Å². The largest absolute Gasteiger partial charge is 0.484 e. The molecule has 27 heavy (non-hydrogen) atoms. The first-order chi connectivity index (χ1) is 12.8. The molecule has 0 aromatic heterocycles. The van der Waals surface area contributed by atoms with Crippen LogP contribution in [0, 0.1) is 0 Å². The molecule has 0 radical (unpaired) electrons. The SMILES string of the molecule is CC(=O)N(CCNC(=O)COc1ccccc1)c1ccccc1C(C)(C)C. The highest BCUT2D eigenvalue weighted by molar-refractivity contribution is 5.92. The monoisotopic (exact) mass is 368 g/mol. The van der Waals surface area contributed by atoms with E-state index in [2.05, 4.69) is 26.1 Å². The lowest BCUT2D eigenvalue weighted by molar-refractivity contribution is -0.123. The van der Waals surface area contributed by atoms with E-state index in [4.69, 9.17) is 4.74 Å². The maximum absolute atomic E-state index is 12.2. The highest BCUT2D eigenvalue weighted by Crippen LogP contribution is 2.31. The Morgan fingerprint density at radius 2 is 1.63 bits per heavy atom. The minimum absolute atomic E-state index is 0.0529. The normalized spacial score (nSPS) is 11.0. The molecule has 1 N–H and O–H groups in total. The third-order valence-electron chi connectivity index (χ3n) is 4.15. The molecule has 2 aromatic rings. The van der Waals surface area contributed by atoms with E-state index in [-0.39, 0.29) is 23.8 Å². The third-order valence-corrected chi connectivity index (χ3v) is 4.15. The lowest BCUT2D eigenvalue weighted by Gasteiger charge is -2.29. The lowest BCUT2D eigenvalue weighted by Crippen LogP contribution is -2.40. The van der Waals surface area contributed by atoms with E-state index in [1.165, 1.54) is 0 Å². The molecule has 0 saturated heterocycles. The number of para-hydroxylation sites is 2. The Morgan fingerprint density at radius 3 is 2.26 bits per heavy atom. The number of nitrogens with one attached hydrogen (secondary N) is 1. The fraction of sp³-hybridized carbons (Fsp3) is 0.364. The fourth-order valence-electron chi connectivity index (χ4n) is 2.81. The van der Waals surface area contributed by atoms with Gasteiger partial charge < -0.3 is 15.0 Å². The summed E-state index contributed by atoms with van der Waals surface area (Å²) in [7, 11) is 0.